The van der Waals surface area contributed by atoms with Gasteiger partial charge >= 0.3 is 0 Å². The highest BCUT2D eigenvalue weighted by molar-refractivity contribution is 5.09. The number of hydrazine groups is 1. The summed E-state index contributed by atoms with van der Waals surface area (Å²) in [4.78, 5) is 0. The summed E-state index contributed by atoms with van der Waals surface area (Å²) >= 11 is 0. The molecule has 3 nitrogen and oxygen atoms in total. The van der Waals surface area contributed by atoms with Crippen LogP contribution >= 0.6 is 0 Å². The van der Waals surface area contributed by atoms with Gasteiger partial charge in [0.1, 0.15) is 11.5 Å². The number of furan rings is 1. The minimum atomic E-state index is 0.162. The molecule has 1 heterocycles. The first-order valence-electron chi connectivity index (χ1n) is 6.80. The van der Waals surface area contributed by atoms with E-state index < -0.39 is 0 Å². The zero-order chi connectivity index (χ0) is 12.5. The Balaban J connectivity index is 2.19. The predicted molar refractivity (Wildman–Crippen MR) is 71.5 cm³/mol. The van der Waals surface area contributed by atoms with Crippen molar-refractivity contribution in [1.82, 2.24) is 5.43 Å². The van der Waals surface area contributed by atoms with Gasteiger partial charge in [-0.1, -0.05) is 45.4 Å². The third-order valence-electron chi connectivity index (χ3n) is 3.15. The van der Waals surface area contributed by atoms with Gasteiger partial charge in [0, 0.05) is 0 Å². The number of hydrogen-bond donors (Lipinski definition) is 2. The zero-order valence-electron chi connectivity index (χ0n) is 11.2. The third kappa shape index (κ3) is 5.37. The topological polar surface area (TPSA) is 51.2 Å². The minimum absolute atomic E-state index is 0.162. The fourth-order valence-electron chi connectivity index (χ4n) is 2.08. The Bertz CT molecular complexity index is 296. The maximum atomic E-state index is 5.59. The lowest BCUT2D eigenvalue weighted by atomic mass is 10.0. The van der Waals surface area contributed by atoms with Gasteiger partial charge in [-0.25, -0.2) is 5.43 Å². The first-order valence-corrected chi connectivity index (χ1v) is 6.80. The SMILES string of the molecule is CCCCCCCCC(NN)c1ccc(C)o1. The molecule has 3 heteroatoms. The molecule has 3 N–H and O–H groups in total. The second kappa shape index (κ2) is 8.31. The highest BCUT2D eigenvalue weighted by Gasteiger charge is 2.12. The monoisotopic (exact) mass is 238 g/mol. The molecule has 0 fully saturated rings. The maximum absolute atomic E-state index is 5.59. The molecule has 0 saturated heterocycles. The Kier molecular flexibility index (Phi) is 6.97. The van der Waals surface area contributed by atoms with Crippen LogP contribution in [0, 0.1) is 6.92 Å². The van der Waals surface area contributed by atoms with Crippen molar-refractivity contribution >= 4 is 0 Å². The summed E-state index contributed by atoms with van der Waals surface area (Å²) in [6.45, 7) is 4.20. The summed E-state index contributed by atoms with van der Waals surface area (Å²) < 4.78 is 5.59. The van der Waals surface area contributed by atoms with Gasteiger partial charge in [-0.05, 0) is 25.5 Å². The molecule has 0 bridgehead atoms. The van der Waals surface area contributed by atoms with E-state index in [4.69, 9.17) is 10.3 Å². The second-order valence-electron chi connectivity index (χ2n) is 4.72. The van der Waals surface area contributed by atoms with Gasteiger partial charge in [-0.3, -0.25) is 5.84 Å². The molecule has 0 saturated carbocycles. The molecular formula is C14H26N2O. The van der Waals surface area contributed by atoms with E-state index in [0.29, 0.717) is 0 Å². The summed E-state index contributed by atoms with van der Waals surface area (Å²) in [6.07, 6.45) is 8.90. The quantitative estimate of drug-likeness (QED) is 0.390. The zero-order valence-corrected chi connectivity index (χ0v) is 11.2. The number of unbranched alkanes of at least 4 members (excludes halogenated alkanes) is 5. The van der Waals surface area contributed by atoms with Crippen molar-refractivity contribution in [3.63, 3.8) is 0 Å². The van der Waals surface area contributed by atoms with Gasteiger partial charge in [-0.2, -0.15) is 0 Å². The predicted octanol–water partition coefficient (Wildman–Crippen LogP) is 3.84. The molecule has 0 spiro atoms. The first-order chi connectivity index (χ1) is 8.27. The molecule has 0 aliphatic rings. The van der Waals surface area contributed by atoms with Crippen LogP contribution in [0.3, 0.4) is 0 Å². The second-order valence-corrected chi connectivity index (χ2v) is 4.72. The molecule has 0 aliphatic heterocycles. The number of nitrogens with two attached hydrogens (primary N) is 1. The Morgan fingerprint density at radius 3 is 2.47 bits per heavy atom. The van der Waals surface area contributed by atoms with E-state index in [2.05, 4.69) is 12.3 Å². The fraction of sp³-hybridized carbons (Fsp3) is 0.714. The average molecular weight is 238 g/mol. The Morgan fingerprint density at radius 1 is 1.18 bits per heavy atom. The summed E-state index contributed by atoms with van der Waals surface area (Å²) in [5.41, 5.74) is 2.84. The van der Waals surface area contributed by atoms with Gasteiger partial charge in [0.2, 0.25) is 0 Å². The van der Waals surface area contributed by atoms with Crippen LogP contribution < -0.4 is 11.3 Å². The van der Waals surface area contributed by atoms with E-state index in [-0.39, 0.29) is 6.04 Å². The molecule has 0 radical (unpaired) electrons. The number of aryl methyl sites for hydroxylation is 1. The van der Waals surface area contributed by atoms with Crippen molar-refractivity contribution in [3.8, 4) is 0 Å². The minimum Gasteiger partial charge on any atom is -0.465 e. The van der Waals surface area contributed by atoms with E-state index in [1.54, 1.807) is 0 Å². The highest BCUT2D eigenvalue weighted by Crippen LogP contribution is 2.21. The molecule has 0 amide bonds. The van der Waals surface area contributed by atoms with Gasteiger partial charge in [0.15, 0.2) is 0 Å². The van der Waals surface area contributed by atoms with Crippen LogP contribution in [0.25, 0.3) is 0 Å². The van der Waals surface area contributed by atoms with Crippen molar-refractivity contribution in [1.29, 1.82) is 0 Å². The van der Waals surface area contributed by atoms with Crippen molar-refractivity contribution in [3.05, 3.63) is 23.7 Å². The molecule has 98 valence electrons. The van der Waals surface area contributed by atoms with Gasteiger partial charge in [0.25, 0.3) is 0 Å². The Hall–Kier alpha value is -0.800. The van der Waals surface area contributed by atoms with Crippen molar-refractivity contribution in [2.24, 2.45) is 5.84 Å². The molecule has 17 heavy (non-hydrogen) atoms. The normalized spacial score (nSPS) is 12.9. The first kappa shape index (κ1) is 14.3. The lowest BCUT2D eigenvalue weighted by Gasteiger charge is -2.12. The Morgan fingerprint density at radius 2 is 1.88 bits per heavy atom. The van der Waals surface area contributed by atoms with Crippen molar-refractivity contribution < 1.29 is 4.42 Å². The van der Waals surface area contributed by atoms with Gasteiger partial charge < -0.3 is 4.42 Å². The van der Waals surface area contributed by atoms with Crippen LogP contribution in [0.4, 0.5) is 0 Å². The molecule has 1 aromatic heterocycles. The van der Waals surface area contributed by atoms with Crippen molar-refractivity contribution in [2.75, 3.05) is 0 Å². The highest BCUT2D eigenvalue weighted by atomic mass is 16.3. The standard InChI is InChI=1S/C14H26N2O/c1-3-4-5-6-7-8-9-13(16-15)14-11-10-12(2)17-14/h10-11,13,16H,3-9,15H2,1-2H3. The number of hydrogen-bond acceptors (Lipinski definition) is 3. The third-order valence-corrected chi connectivity index (χ3v) is 3.15. The van der Waals surface area contributed by atoms with Crippen molar-refractivity contribution in [2.45, 2.75) is 64.8 Å². The molecule has 1 atom stereocenters. The largest absolute Gasteiger partial charge is 0.465 e. The average Bonchev–Trinajstić information content (AvgIpc) is 2.75. The summed E-state index contributed by atoms with van der Waals surface area (Å²) in [6, 6.07) is 4.16. The van der Waals surface area contributed by atoms with E-state index in [1.807, 2.05) is 19.1 Å². The van der Waals surface area contributed by atoms with Crippen LogP contribution in [-0.4, -0.2) is 0 Å². The Labute approximate surface area is 105 Å². The number of rotatable bonds is 9. The summed E-state index contributed by atoms with van der Waals surface area (Å²) in [5, 5.41) is 0. The van der Waals surface area contributed by atoms with Crippen LogP contribution in [0.5, 0.6) is 0 Å². The molecule has 1 rings (SSSR count). The van der Waals surface area contributed by atoms with Crippen LogP contribution in [0.15, 0.2) is 16.5 Å². The van der Waals surface area contributed by atoms with E-state index in [9.17, 15) is 0 Å². The van der Waals surface area contributed by atoms with E-state index in [0.717, 1.165) is 17.9 Å². The molecule has 1 aromatic rings. The van der Waals surface area contributed by atoms with E-state index in [1.165, 1.54) is 38.5 Å². The fourth-order valence-corrected chi connectivity index (χ4v) is 2.08. The lowest BCUT2D eigenvalue weighted by Crippen LogP contribution is -2.27. The van der Waals surface area contributed by atoms with Gasteiger partial charge in [-0.15, -0.1) is 0 Å². The van der Waals surface area contributed by atoms with Gasteiger partial charge in [0.05, 0.1) is 6.04 Å². The maximum Gasteiger partial charge on any atom is 0.122 e. The molecule has 0 aromatic carbocycles. The van der Waals surface area contributed by atoms with Crippen LogP contribution in [-0.2, 0) is 0 Å². The summed E-state index contributed by atoms with van der Waals surface area (Å²) in [5.74, 6) is 7.47. The molecule has 0 aliphatic carbocycles. The summed E-state index contributed by atoms with van der Waals surface area (Å²) in [7, 11) is 0. The smallest absolute Gasteiger partial charge is 0.122 e. The van der Waals surface area contributed by atoms with E-state index >= 15 is 0 Å². The number of nitrogens with one attached hydrogen (secondary N) is 1. The molecule has 1 unspecified atom stereocenters. The lowest BCUT2D eigenvalue weighted by molar-refractivity contribution is 0.379. The molecular weight excluding hydrogens is 212 g/mol. The van der Waals surface area contributed by atoms with Crippen LogP contribution in [0.2, 0.25) is 0 Å². The van der Waals surface area contributed by atoms with Crippen LogP contribution in [0.1, 0.15) is 69.4 Å².